The predicted molar refractivity (Wildman–Crippen MR) is 94.7 cm³/mol. The Morgan fingerprint density at radius 2 is 1.92 bits per heavy atom. The first kappa shape index (κ1) is 14.3. The molecule has 0 radical (unpaired) electrons. The van der Waals surface area contributed by atoms with E-state index < -0.39 is 0 Å². The number of phenolic OH excluding ortho intramolecular Hbond substituents is 1. The Labute approximate surface area is 137 Å². The molecule has 0 atom stereocenters. The van der Waals surface area contributed by atoms with Crippen LogP contribution in [-0.2, 0) is 0 Å². The van der Waals surface area contributed by atoms with Crippen molar-refractivity contribution in [3.8, 4) is 11.4 Å². The lowest BCUT2D eigenvalue weighted by atomic mass is 10.1. The molecule has 6 heteroatoms. The number of benzene rings is 2. The van der Waals surface area contributed by atoms with Gasteiger partial charge in [0.25, 0.3) is 5.56 Å². The van der Waals surface area contributed by atoms with Crippen LogP contribution in [0.4, 0.5) is 5.82 Å². The summed E-state index contributed by atoms with van der Waals surface area (Å²) in [6, 6.07) is 10.9. The summed E-state index contributed by atoms with van der Waals surface area (Å²) in [5, 5.41) is 15.8. The minimum absolute atomic E-state index is 0.160. The second-order valence-electron chi connectivity index (χ2n) is 5.95. The number of phenols is 1. The number of rotatable bonds is 1. The molecule has 0 saturated heterocycles. The molecule has 0 bridgehead atoms. The molecule has 0 saturated carbocycles. The van der Waals surface area contributed by atoms with Crippen LogP contribution in [0, 0.1) is 13.8 Å². The van der Waals surface area contributed by atoms with Crippen LogP contribution >= 0.6 is 0 Å². The number of fused-ring (bicyclic) bond motifs is 3. The van der Waals surface area contributed by atoms with E-state index in [4.69, 9.17) is 5.73 Å². The Hall–Kier alpha value is -3.28. The van der Waals surface area contributed by atoms with E-state index >= 15 is 0 Å². The van der Waals surface area contributed by atoms with Crippen molar-refractivity contribution < 1.29 is 5.11 Å². The second kappa shape index (κ2) is 4.86. The van der Waals surface area contributed by atoms with Gasteiger partial charge in [-0.15, -0.1) is 0 Å². The topological polar surface area (TPSA) is 96.9 Å². The number of aromatic hydroxyl groups is 1. The van der Waals surface area contributed by atoms with Crippen LogP contribution in [0.25, 0.3) is 27.5 Å². The van der Waals surface area contributed by atoms with Crippen LogP contribution in [0.15, 0.2) is 41.2 Å². The third kappa shape index (κ3) is 1.89. The Balaban J connectivity index is 2.14. The summed E-state index contributed by atoms with van der Waals surface area (Å²) in [5.41, 5.74) is 9.53. The number of anilines is 1. The Kier molecular flexibility index (Phi) is 2.90. The zero-order chi connectivity index (χ0) is 17.0. The smallest absolute Gasteiger partial charge is 0.261 e. The standard InChI is InChI=1S/C18H16N4O2/c1-9-7-10(2)14(23)8-13(9)22-17(19)15-16(21-22)11-5-3-4-6-12(11)20-18(15)24/h3-8,23H,19H2,1-2H3,(H,20,24). The van der Waals surface area contributed by atoms with E-state index in [0.717, 1.165) is 16.5 Å². The van der Waals surface area contributed by atoms with E-state index in [1.165, 1.54) is 4.68 Å². The highest BCUT2D eigenvalue weighted by atomic mass is 16.3. The number of nitrogens with two attached hydrogens (primary N) is 1. The van der Waals surface area contributed by atoms with Gasteiger partial charge in [0.15, 0.2) is 0 Å². The van der Waals surface area contributed by atoms with Gasteiger partial charge in [0.1, 0.15) is 22.5 Å². The van der Waals surface area contributed by atoms with E-state index in [1.807, 2.05) is 44.2 Å². The van der Waals surface area contributed by atoms with Crippen LogP contribution in [0.2, 0.25) is 0 Å². The maximum absolute atomic E-state index is 12.4. The molecular formula is C18H16N4O2. The number of hydrogen-bond acceptors (Lipinski definition) is 4. The Morgan fingerprint density at radius 3 is 2.71 bits per heavy atom. The zero-order valence-electron chi connectivity index (χ0n) is 13.3. The molecule has 2 aromatic heterocycles. The number of aromatic amines is 1. The largest absolute Gasteiger partial charge is 0.508 e. The summed E-state index contributed by atoms with van der Waals surface area (Å²) in [6.45, 7) is 3.74. The molecule has 0 aliphatic carbocycles. The van der Waals surface area contributed by atoms with Crippen molar-refractivity contribution in [3.63, 3.8) is 0 Å². The number of nitrogens with one attached hydrogen (secondary N) is 1. The van der Waals surface area contributed by atoms with E-state index in [9.17, 15) is 9.90 Å². The van der Waals surface area contributed by atoms with Crippen LogP contribution in [0.3, 0.4) is 0 Å². The summed E-state index contributed by atoms with van der Waals surface area (Å²) in [4.78, 5) is 15.3. The fourth-order valence-electron chi connectivity index (χ4n) is 3.07. The van der Waals surface area contributed by atoms with Crippen molar-refractivity contribution in [3.05, 3.63) is 57.9 Å². The average Bonchev–Trinajstić information content (AvgIpc) is 2.89. The number of para-hydroxylation sites is 1. The first-order chi connectivity index (χ1) is 11.5. The van der Waals surface area contributed by atoms with Crippen LogP contribution in [-0.4, -0.2) is 19.9 Å². The van der Waals surface area contributed by atoms with Gasteiger partial charge in [0, 0.05) is 11.5 Å². The van der Waals surface area contributed by atoms with Gasteiger partial charge in [-0.25, -0.2) is 4.68 Å². The van der Waals surface area contributed by atoms with Gasteiger partial charge in [-0.2, -0.15) is 5.10 Å². The number of aromatic nitrogens is 3. The Morgan fingerprint density at radius 1 is 1.17 bits per heavy atom. The molecule has 0 unspecified atom stereocenters. The second-order valence-corrected chi connectivity index (χ2v) is 5.95. The van der Waals surface area contributed by atoms with Crippen LogP contribution < -0.4 is 11.3 Å². The molecule has 0 aliphatic rings. The SMILES string of the molecule is Cc1cc(C)c(-n2nc3c(c2N)c(=O)[nH]c2ccccc23)cc1O. The quantitative estimate of drug-likeness (QED) is 0.502. The van der Waals surface area contributed by atoms with Crippen LogP contribution in [0.1, 0.15) is 11.1 Å². The number of H-pyrrole nitrogens is 1. The molecule has 2 heterocycles. The van der Waals surface area contributed by atoms with Gasteiger partial charge in [0.2, 0.25) is 0 Å². The number of aryl methyl sites for hydroxylation is 2. The lowest BCUT2D eigenvalue weighted by Gasteiger charge is -2.10. The first-order valence-corrected chi connectivity index (χ1v) is 7.57. The maximum atomic E-state index is 12.4. The number of nitrogen functional groups attached to an aromatic ring is 1. The van der Waals surface area contributed by atoms with E-state index in [0.29, 0.717) is 22.1 Å². The lowest BCUT2D eigenvalue weighted by molar-refractivity contribution is 0.470. The highest BCUT2D eigenvalue weighted by molar-refractivity contribution is 6.06. The third-order valence-corrected chi connectivity index (χ3v) is 4.32. The van der Waals surface area contributed by atoms with E-state index in [-0.39, 0.29) is 17.1 Å². The number of nitrogens with zero attached hydrogens (tertiary/aromatic N) is 2. The highest BCUT2D eigenvalue weighted by Gasteiger charge is 2.18. The van der Waals surface area contributed by atoms with E-state index in [2.05, 4.69) is 10.1 Å². The van der Waals surface area contributed by atoms with E-state index in [1.54, 1.807) is 6.07 Å². The molecule has 0 fully saturated rings. The molecule has 4 rings (SSSR count). The average molecular weight is 320 g/mol. The summed E-state index contributed by atoms with van der Waals surface area (Å²) in [7, 11) is 0. The molecule has 4 N–H and O–H groups in total. The van der Waals surface area contributed by atoms with Crippen molar-refractivity contribution in [2.45, 2.75) is 13.8 Å². The minimum Gasteiger partial charge on any atom is -0.508 e. The maximum Gasteiger partial charge on any atom is 0.261 e. The van der Waals surface area contributed by atoms with Gasteiger partial charge in [-0.3, -0.25) is 4.79 Å². The summed E-state index contributed by atoms with van der Waals surface area (Å²) in [5.74, 6) is 0.414. The molecule has 120 valence electrons. The molecule has 6 nitrogen and oxygen atoms in total. The van der Waals surface area contributed by atoms with Crippen molar-refractivity contribution in [2.24, 2.45) is 0 Å². The van der Waals surface area contributed by atoms with Gasteiger partial charge in [0.05, 0.1) is 11.2 Å². The third-order valence-electron chi connectivity index (χ3n) is 4.32. The van der Waals surface area contributed by atoms with Gasteiger partial charge in [-0.1, -0.05) is 24.3 Å². The molecule has 0 spiro atoms. The molecule has 0 aliphatic heterocycles. The molecule has 4 aromatic rings. The molecule has 24 heavy (non-hydrogen) atoms. The summed E-state index contributed by atoms with van der Waals surface area (Å²) in [6.07, 6.45) is 0. The van der Waals surface area contributed by atoms with Crippen molar-refractivity contribution >= 4 is 27.6 Å². The highest BCUT2D eigenvalue weighted by Crippen LogP contribution is 2.30. The number of pyridine rings is 1. The lowest BCUT2D eigenvalue weighted by Crippen LogP contribution is -2.08. The minimum atomic E-state index is -0.276. The molecular weight excluding hydrogens is 304 g/mol. The van der Waals surface area contributed by atoms with Gasteiger partial charge in [-0.05, 0) is 31.0 Å². The fraction of sp³-hybridized carbons (Fsp3) is 0.111. The van der Waals surface area contributed by atoms with Crippen molar-refractivity contribution in [1.82, 2.24) is 14.8 Å². The molecule has 2 aromatic carbocycles. The van der Waals surface area contributed by atoms with Crippen molar-refractivity contribution in [1.29, 1.82) is 0 Å². The fourth-order valence-corrected chi connectivity index (χ4v) is 3.07. The first-order valence-electron chi connectivity index (χ1n) is 7.57. The summed E-state index contributed by atoms with van der Waals surface area (Å²) < 4.78 is 1.51. The van der Waals surface area contributed by atoms with Crippen LogP contribution in [0.5, 0.6) is 5.75 Å². The van der Waals surface area contributed by atoms with Gasteiger partial charge >= 0.3 is 0 Å². The normalized spacial score (nSPS) is 11.4. The number of hydrogen-bond donors (Lipinski definition) is 3. The predicted octanol–water partition coefficient (Wildman–Crippen LogP) is 2.77. The Bertz CT molecular complexity index is 1170. The summed E-state index contributed by atoms with van der Waals surface area (Å²) >= 11 is 0. The molecule has 0 amide bonds. The zero-order valence-corrected chi connectivity index (χ0v) is 13.3. The van der Waals surface area contributed by atoms with Crippen molar-refractivity contribution in [2.75, 3.05) is 5.73 Å². The van der Waals surface area contributed by atoms with Gasteiger partial charge < -0.3 is 15.8 Å². The monoisotopic (exact) mass is 320 g/mol.